The lowest BCUT2D eigenvalue weighted by molar-refractivity contribution is 0.146. The van der Waals surface area contributed by atoms with Crippen LogP contribution in [-0.4, -0.2) is 21.5 Å². The van der Waals surface area contributed by atoms with Crippen LogP contribution in [0.4, 0.5) is 0 Å². The van der Waals surface area contributed by atoms with Crippen molar-refractivity contribution in [1.82, 2.24) is 0 Å². The molecular weight excluding hydrogens is 312 g/mol. The van der Waals surface area contributed by atoms with Crippen molar-refractivity contribution in [2.24, 2.45) is 0 Å². The third-order valence-corrected chi connectivity index (χ3v) is 3.55. The molecular formula is C15H15ClO4S. The van der Waals surface area contributed by atoms with E-state index in [4.69, 9.17) is 20.9 Å². The molecule has 4 nitrogen and oxygen atoms in total. The first-order chi connectivity index (χ1) is 10.1. The maximum absolute atomic E-state index is 10.5. The average Bonchev–Trinajstić information content (AvgIpc) is 2.46. The molecule has 2 unspecified atom stereocenters. The summed E-state index contributed by atoms with van der Waals surface area (Å²) in [7, 11) is 0. The van der Waals surface area contributed by atoms with Gasteiger partial charge in [-0.1, -0.05) is 48.0 Å². The molecule has 2 rings (SSSR count). The van der Waals surface area contributed by atoms with Crippen LogP contribution in [0.2, 0.25) is 5.02 Å². The summed E-state index contributed by atoms with van der Waals surface area (Å²) in [6.45, 7) is 1.77. The van der Waals surface area contributed by atoms with Crippen molar-refractivity contribution in [3.63, 3.8) is 0 Å². The fourth-order valence-electron chi connectivity index (χ4n) is 1.80. The van der Waals surface area contributed by atoms with Gasteiger partial charge in [0.1, 0.15) is 18.5 Å². The lowest BCUT2D eigenvalue weighted by Gasteiger charge is -2.13. The molecule has 0 aliphatic rings. The van der Waals surface area contributed by atoms with Gasteiger partial charge in [-0.3, -0.25) is 8.74 Å². The molecule has 0 saturated carbocycles. The maximum atomic E-state index is 10.5. The second-order valence-electron chi connectivity index (χ2n) is 4.45. The Morgan fingerprint density at radius 3 is 2.52 bits per heavy atom. The molecule has 0 aliphatic heterocycles. The van der Waals surface area contributed by atoms with E-state index >= 15 is 0 Å². The van der Waals surface area contributed by atoms with Gasteiger partial charge in [-0.25, -0.2) is 0 Å². The molecule has 6 heteroatoms. The van der Waals surface area contributed by atoms with Crippen LogP contribution < -0.4 is 4.74 Å². The highest BCUT2D eigenvalue weighted by molar-refractivity contribution is 7.74. The van der Waals surface area contributed by atoms with Crippen LogP contribution in [0.1, 0.15) is 6.92 Å². The lowest BCUT2D eigenvalue weighted by Crippen LogP contribution is -2.19. The van der Waals surface area contributed by atoms with Gasteiger partial charge in [0.05, 0.1) is 5.02 Å². The Morgan fingerprint density at radius 2 is 1.90 bits per heavy atom. The summed E-state index contributed by atoms with van der Waals surface area (Å²) in [5, 5.41) is 0.480. The molecule has 2 aromatic rings. The Kier molecular flexibility index (Phi) is 5.76. The lowest BCUT2D eigenvalue weighted by atomic mass is 10.1. The summed E-state index contributed by atoms with van der Waals surface area (Å²) >= 11 is 3.89. The van der Waals surface area contributed by atoms with Crippen LogP contribution in [-0.2, 0) is 15.5 Å². The van der Waals surface area contributed by atoms with Gasteiger partial charge in [0.15, 0.2) is 0 Å². The average molecular weight is 327 g/mol. The second kappa shape index (κ2) is 7.56. The first kappa shape index (κ1) is 16.0. The van der Waals surface area contributed by atoms with Crippen molar-refractivity contribution < 1.29 is 17.7 Å². The molecule has 0 radical (unpaired) electrons. The first-order valence-corrected chi connectivity index (χ1v) is 7.73. The summed E-state index contributed by atoms with van der Waals surface area (Å²) in [6, 6.07) is 15.4. The Bertz CT molecular complexity index is 618. The summed E-state index contributed by atoms with van der Waals surface area (Å²) < 4.78 is 29.3. The second-order valence-corrected chi connectivity index (χ2v) is 5.48. The quantitative estimate of drug-likeness (QED) is 0.817. The molecule has 2 atom stereocenters. The van der Waals surface area contributed by atoms with E-state index in [0.29, 0.717) is 10.8 Å². The van der Waals surface area contributed by atoms with Gasteiger partial charge in [-0.15, -0.1) is 0 Å². The van der Waals surface area contributed by atoms with Gasteiger partial charge in [0.25, 0.3) is 0 Å². The van der Waals surface area contributed by atoms with Crippen LogP contribution in [0, 0.1) is 0 Å². The monoisotopic (exact) mass is 326 g/mol. The Labute approximate surface area is 131 Å². The molecule has 0 fully saturated rings. The van der Waals surface area contributed by atoms with Crippen LogP contribution in [0.5, 0.6) is 5.75 Å². The van der Waals surface area contributed by atoms with Crippen LogP contribution >= 0.6 is 11.6 Å². The van der Waals surface area contributed by atoms with Gasteiger partial charge in [0, 0.05) is 0 Å². The third-order valence-electron chi connectivity index (χ3n) is 2.76. The minimum Gasteiger partial charge on any atom is -0.489 e. The van der Waals surface area contributed by atoms with Crippen molar-refractivity contribution in [2.45, 2.75) is 13.0 Å². The summed E-state index contributed by atoms with van der Waals surface area (Å²) in [6.07, 6.45) is -0.513. The van der Waals surface area contributed by atoms with Crippen LogP contribution in [0.15, 0.2) is 48.5 Å². The number of rotatable bonds is 6. The minimum atomic E-state index is -2.30. The summed E-state index contributed by atoms with van der Waals surface area (Å²) in [5.74, 6) is 0.510. The highest BCUT2D eigenvalue weighted by Crippen LogP contribution is 2.30. The van der Waals surface area contributed by atoms with Gasteiger partial charge in [0.2, 0.25) is 0 Å². The van der Waals surface area contributed by atoms with E-state index in [1.54, 1.807) is 13.0 Å². The maximum Gasteiger partial charge on any atom is 0.302 e. The zero-order valence-electron chi connectivity index (χ0n) is 11.4. The van der Waals surface area contributed by atoms with E-state index in [9.17, 15) is 4.21 Å². The molecule has 0 saturated heterocycles. The van der Waals surface area contributed by atoms with Crippen molar-refractivity contribution in [3.8, 4) is 16.9 Å². The smallest absolute Gasteiger partial charge is 0.302 e. The Hall–Kier alpha value is -1.40. The molecule has 1 N–H and O–H groups in total. The van der Waals surface area contributed by atoms with Gasteiger partial charge in [-0.05, 0) is 30.2 Å². The number of hydrogen-bond donors (Lipinski definition) is 1. The predicted molar refractivity (Wildman–Crippen MR) is 83.7 cm³/mol. The minimum absolute atomic E-state index is 0.136. The van der Waals surface area contributed by atoms with E-state index < -0.39 is 17.5 Å². The highest BCUT2D eigenvalue weighted by Gasteiger charge is 2.10. The number of benzene rings is 2. The Balaban J connectivity index is 2.04. The number of halogens is 1. The fourth-order valence-corrected chi connectivity index (χ4v) is 2.38. The predicted octanol–water partition coefficient (Wildman–Crippen LogP) is 3.93. The van der Waals surface area contributed by atoms with E-state index in [1.807, 2.05) is 42.5 Å². The number of hydrogen-bond acceptors (Lipinski definition) is 3. The normalized spacial score (nSPS) is 13.7. The number of ether oxygens (including phenoxy) is 1. The summed E-state index contributed by atoms with van der Waals surface area (Å²) in [4.78, 5) is 0. The SMILES string of the molecule is CC(COc1ccc(-c2ccccc2)cc1Cl)OS(=O)O. The van der Waals surface area contributed by atoms with Gasteiger partial charge in [-0.2, -0.15) is 4.21 Å². The molecule has 0 heterocycles. The standard InChI is InChI=1S/C15H15ClO4S/c1-11(20-21(17)18)10-19-15-8-7-13(9-14(15)16)12-5-3-2-4-6-12/h2-9,11H,10H2,1H3,(H,17,18). The van der Waals surface area contributed by atoms with Crippen molar-refractivity contribution in [3.05, 3.63) is 53.6 Å². The molecule has 2 aromatic carbocycles. The molecule has 0 bridgehead atoms. The largest absolute Gasteiger partial charge is 0.489 e. The van der Waals surface area contributed by atoms with Crippen molar-refractivity contribution in [2.75, 3.05) is 6.61 Å². The molecule has 0 aliphatic carbocycles. The zero-order chi connectivity index (χ0) is 15.2. The molecule has 0 amide bonds. The van der Waals surface area contributed by atoms with Gasteiger partial charge < -0.3 is 4.74 Å². The molecule has 112 valence electrons. The fraction of sp³-hybridized carbons (Fsp3) is 0.200. The molecule has 21 heavy (non-hydrogen) atoms. The van der Waals surface area contributed by atoms with E-state index in [0.717, 1.165) is 11.1 Å². The highest BCUT2D eigenvalue weighted by atomic mass is 35.5. The van der Waals surface area contributed by atoms with E-state index in [2.05, 4.69) is 4.18 Å². The molecule has 0 aromatic heterocycles. The third kappa shape index (κ3) is 4.82. The van der Waals surface area contributed by atoms with Crippen LogP contribution in [0.3, 0.4) is 0 Å². The Morgan fingerprint density at radius 1 is 1.19 bits per heavy atom. The topological polar surface area (TPSA) is 55.8 Å². The van der Waals surface area contributed by atoms with Crippen LogP contribution in [0.25, 0.3) is 11.1 Å². The summed E-state index contributed by atoms with van der Waals surface area (Å²) in [5.41, 5.74) is 2.06. The van der Waals surface area contributed by atoms with Crippen molar-refractivity contribution in [1.29, 1.82) is 0 Å². The van der Waals surface area contributed by atoms with E-state index in [-0.39, 0.29) is 6.61 Å². The first-order valence-electron chi connectivity index (χ1n) is 6.32. The van der Waals surface area contributed by atoms with Crippen molar-refractivity contribution >= 4 is 23.0 Å². The zero-order valence-corrected chi connectivity index (χ0v) is 12.9. The molecule has 0 spiro atoms. The van der Waals surface area contributed by atoms with Gasteiger partial charge >= 0.3 is 11.4 Å². The van der Waals surface area contributed by atoms with E-state index in [1.165, 1.54) is 0 Å².